The fraction of sp³-hybridized carbons (Fsp3) is 0.269. The number of aromatic nitrogens is 2. The van der Waals surface area contributed by atoms with Crippen molar-refractivity contribution in [1.29, 1.82) is 0 Å². The average Bonchev–Trinajstić information content (AvgIpc) is 3.30. The van der Waals surface area contributed by atoms with Gasteiger partial charge in [0.25, 0.3) is 5.91 Å². The van der Waals surface area contributed by atoms with E-state index in [1.54, 1.807) is 24.3 Å². The Bertz CT molecular complexity index is 1400. The quantitative estimate of drug-likeness (QED) is 0.472. The lowest BCUT2D eigenvalue weighted by Gasteiger charge is -2.33. The smallest absolute Gasteiger partial charge is 0.331 e. The van der Waals surface area contributed by atoms with Crippen LogP contribution in [0.5, 0.6) is 0 Å². The van der Waals surface area contributed by atoms with Crippen LogP contribution < -0.4 is 10.6 Å². The van der Waals surface area contributed by atoms with E-state index in [9.17, 15) is 23.2 Å². The lowest BCUT2D eigenvalue weighted by Crippen LogP contribution is -2.53. The van der Waals surface area contributed by atoms with Crippen LogP contribution in [0.1, 0.15) is 21.6 Å². The Kier molecular flexibility index (Phi) is 6.97. The van der Waals surface area contributed by atoms with Crippen LogP contribution in [-0.2, 0) is 32.0 Å². The maximum atomic E-state index is 14.4. The highest BCUT2D eigenvalue weighted by Crippen LogP contribution is 2.30. The van der Waals surface area contributed by atoms with Crippen LogP contribution in [-0.4, -0.2) is 65.6 Å². The number of nitrogens with one attached hydrogen (secondary N) is 2. The molecular weight excluding hydrogens is 500 g/mol. The minimum absolute atomic E-state index is 0.0514. The van der Waals surface area contributed by atoms with Crippen LogP contribution in [0, 0.1) is 11.6 Å². The number of anilines is 2. The summed E-state index contributed by atoms with van der Waals surface area (Å²) in [5, 5.41) is 5.67. The number of morpholine rings is 1. The van der Waals surface area contributed by atoms with Crippen molar-refractivity contribution in [2.75, 3.05) is 32.2 Å². The molecule has 196 valence electrons. The number of hydrogen-bond donors (Lipinski definition) is 2. The molecule has 2 aliphatic heterocycles. The summed E-state index contributed by atoms with van der Waals surface area (Å²) in [6, 6.07) is 9.47. The number of nitrogens with zero attached hydrogens (tertiary/aromatic N) is 3. The van der Waals surface area contributed by atoms with Crippen LogP contribution in [0.15, 0.2) is 42.5 Å². The maximum absolute atomic E-state index is 14.4. The summed E-state index contributed by atoms with van der Waals surface area (Å²) in [4.78, 5) is 47.3. The van der Waals surface area contributed by atoms with Gasteiger partial charge in [-0.05, 0) is 29.8 Å². The average molecular weight is 523 g/mol. The van der Waals surface area contributed by atoms with Gasteiger partial charge in [-0.3, -0.25) is 9.59 Å². The van der Waals surface area contributed by atoms with Gasteiger partial charge >= 0.3 is 5.97 Å². The van der Waals surface area contributed by atoms with Gasteiger partial charge in [-0.25, -0.2) is 23.5 Å². The minimum atomic E-state index is -0.822. The molecule has 0 bridgehead atoms. The fourth-order valence-electron chi connectivity index (χ4n) is 4.39. The lowest BCUT2D eigenvalue weighted by molar-refractivity contribution is -0.160. The van der Waals surface area contributed by atoms with Gasteiger partial charge in [0.05, 0.1) is 44.5 Å². The van der Waals surface area contributed by atoms with Gasteiger partial charge in [0.15, 0.2) is 11.9 Å². The highest BCUT2D eigenvalue weighted by atomic mass is 19.1. The SMILES string of the molecule is COC(=O)[C@@H]1COCCN1C(=O)Cc1ccc(Nc2nc(-c3c(F)cccc3F)nc3c2C(=O)NC3)cc1. The summed E-state index contributed by atoms with van der Waals surface area (Å²) < 4.78 is 38.9. The van der Waals surface area contributed by atoms with Crippen LogP contribution in [0.3, 0.4) is 0 Å². The molecule has 1 atom stereocenters. The van der Waals surface area contributed by atoms with E-state index in [4.69, 9.17) is 9.47 Å². The predicted octanol–water partition coefficient (Wildman–Crippen LogP) is 2.35. The molecule has 0 spiro atoms. The number of halogens is 2. The second kappa shape index (κ2) is 10.5. The Labute approximate surface area is 216 Å². The molecule has 3 aromatic rings. The highest BCUT2D eigenvalue weighted by Gasteiger charge is 2.33. The van der Waals surface area contributed by atoms with Gasteiger partial charge in [-0.15, -0.1) is 0 Å². The third kappa shape index (κ3) is 4.90. The first-order valence-corrected chi connectivity index (χ1v) is 11.8. The second-order valence-electron chi connectivity index (χ2n) is 8.70. The van der Waals surface area contributed by atoms with Gasteiger partial charge in [0.1, 0.15) is 23.0 Å². The van der Waals surface area contributed by atoms with Crippen molar-refractivity contribution in [1.82, 2.24) is 20.2 Å². The molecule has 0 unspecified atom stereocenters. The summed E-state index contributed by atoms with van der Waals surface area (Å²) in [7, 11) is 1.26. The number of amides is 2. The van der Waals surface area contributed by atoms with Crippen molar-refractivity contribution in [3.63, 3.8) is 0 Å². The largest absolute Gasteiger partial charge is 0.467 e. The highest BCUT2D eigenvalue weighted by molar-refractivity contribution is 6.03. The third-order valence-electron chi connectivity index (χ3n) is 6.31. The maximum Gasteiger partial charge on any atom is 0.331 e. The van der Waals surface area contributed by atoms with Gasteiger partial charge in [-0.1, -0.05) is 18.2 Å². The van der Waals surface area contributed by atoms with Gasteiger partial charge in [0, 0.05) is 12.2 Å². The van der Waals surface area contributed by atoms with E-state index in [1.165, 1.54) is 18.1 Å². The Balaban J connectivity index is 1.37. The molecule has 12 heteroatoms. The Morgan fingerprint density at radius 2 is 1.87 bits per heavy atom. The zero-order valence-corrected chi connectivity index (χ0v) is 20.3. The number of carbonyl (C=O) groups is 3. The van der Waals surface area contributed by atoms with Gasteiger partial charge < -0.3 is 25.0 Å². The molecule has 2 amide bonds. The normalized spacial score (nSPS) is 16.6. The number of hydrogen-bond acceptors (Lipinski definition) is 8. The number of benzene rings is 2. The molecule has 3 heterocycles. The first-order chi connectivity index (χ1) is 18.4. The molecule has 2 N–H and O–H groups in total. The zero-order valence-electron chi connectivity index (χ0n) is 20.3. The van der Waals surface area contributed by atoms with Crippen LogP contribution in [0.25, 0.3) is 11.4 Å². The topological polar surface area (TPSA) is 123 Å². The van der Waals surface area contributed by atoms with Crippen molar-refractivity contribution in [2.24, 2.45) is 0 Å². The minimum Gasteiger partial charge on any atom is -0.467 e. The summed E-state index contributed by atoms with van der Waals surface area (Å²) in [6.07, 6.45) is 0.0514. The zero-order chi connectivity index (χ0) is 26.8. The summed E-state index contributed by atoms with van der Waals surface area (Å²) in [6.45, 7) is 0.794. The van der Waals surface area contributed by atoms with E-state index in [1.807, 2.05) is 0 Å². The molecule has 1 saturated heterocycles. The summed E-state index contributed by atoms with van der Waals surface area (Å²) in [5.74, 6) is -2.92. The molecule has 0 saturated carbocycles. The summed E-state index contributed by atoms with van der Waals surface area (Å²) in [5.41, 5.74) is 1.33. The number of esters is 1. The van der Waals surface area contributed by atoms with Gasteiger partial charge in [-0.2, -0.15) is 0 Å². The second-order valence-corrected chi connectivity index (χ2v) is 8.70. The van der Waals surface area contributed by atoms with E-state index < -0.39 is 29.6 Å². The van der Waals surface area contributed by atoms with Crippen molar-refractivity contribution >= 4 is 29.3 Å². The van der Waals surface area contributed by atoms with Crippen LogP contribution in [0.2, 0.25) is 0 Å². The predicted molar refractivity (Wildman–Crippen MR) is 130 cm³/mol. The number of rotatable bonds is 6. The number of ether oxygens (including phenoxy) is 2. The number of carbonyl (C=O) groups excluding carboxylic acids is 3. The Hall–Kier alpha value is -4.45. The van der Waals surface area contributed by atoms with E-state index >= 15 is 0 Å². The Morgan fingerprint density at radius 1 is 1.13 bits per heavy atom. The molecule has 0 radical (unpaired) electrons. The molecule has 10 nitrogen and oxygen atoms in total. The standard InChI is InChI=1S/C26H23F2N5O5/c1-37-26(36)19-13-38-10-9-33(19)20(34)11-14-5-7-15(8-6-14)30-24-22-18(12-29-25(22)35)31-23(32-24)21-16(27)3-2-4-17(21)28/h2-8,19H,9-13H2,1H3,(H,29,35)(H,30,31,32)/t19-/m0/s1. The lowest BCUT2D eigenvalue weighted by atomic mass is 10.1. The van der Waals surface area contributed by atoms with Crippen LogP contribution >= 0.6 is 0 Å². The first kappa shape index (κ1) is 25.2. The number of fused-ring (bicyclic) bond motifs is 1. The monoisotopic (exact) mass is 523 g/mol. The third-order valence-corrected chi connectivity index (χ3v) is 6.31. The molecule has 38 heavy (non-hydrogen) atoms. The van der Waals surface area contributed by atoms with Crippen molar-refractivity contribution in [3.8, 4) is 11.4 Å². The fourth-order valence-corrected chi connectivity index (χ4v) is 4.39. The van der Waals surface area contributed by atoms with E-state index in [0.717, 1.165) is 12.1 Å². The first-order valence-electron chi connectivity index (χ1n) is 11.8. The molecule has 0 aliphatic carbocycles. The van der Waals surface area contributed by atoms with E-state index in [-0.39, 0.29) is 54.8 Å². The molecular formula is C26H23F2N5O5. The molecule has 2 aromatic carbocycles. The van der Waals surface area contributed by atoms with E-state index in [2.05, 4.69) is 20.6 Å². The number of methoxy groups -OCH3 is 1. The Morgan fingerprint density at radius 3 is 2.58 bits per heavy atom. The molecule has 5 rings (SSSR count). The van der Waals surface area contributed by atoms with Gasteiger partial charge in [0.2, 0.25) is 5.91 Å². The summed E-state index contributed by atoms with van der Waals surface area (Å²) >= 11 is 0. The van der Waals surface area contributed by atoms with Crippen molar-refractivity contribution in [3.05, 3.63) is 70.9 Å². The molecule has 1 aromatic heterocycles. The molecule has 2 aliphatic rings. The van der Waals surface area contributed by atoms with Crippen LogP contribution in [0.4, 0.5) is 20.3 Å². The van der Waals surface area contributed by atoms with Crippen molar-refractivity contribution in [2.45, 2.75) is 19.0 Å². The van der Waals surface area contributed by atoms with Crippen molar-refractivity contribution < 1.29 is 32.6 Å². The molecule has 1 fully saturated rings. The van der Waals surface area contributed by atoms with E-state index in [0.29, 0.717) is 23.6 Å².